The molecule has 0 aliphatic heterocycles. The normalized spacial score (nSPS) is 10.9. The molecule has 0 saturated carbocycles. The molecule has 2 heterocycles. The molecular weight excluding hydrogens is 206 g/mol. The predicted octanol–water partition coefficient (Wildman–Crippen LogP) is 2.87. The number of fused-ring (bicyclic) bond motifs is 1. The van der Waals surface area contributed by atoms with Crippen LogP contribution in [-0.2, 0) is 0 Å². The smallest absolute Gasteiger partial charge is 0.141 e. The molecule has 1 aromatic carbocycles. The Morgan fingerprint density at radius 2 is 2.07 bits per heavy atom. The Bertz CT molecular complexity index is 576. The van der Waals surface area contributed by atoms with Crippen LogP contribution in [0.3, 0.4) is 0 Å². The maximum absolute atomic E-state index is 5.85. The highest BCUT2D eigenvalue weighted by atomic mass is 32.1. The topological polar surface area (TPSA) is 54.7 Å². The van der Waals surface area contributed by atoms with Gasteiger partial charge in [-0.3, -0.25) is 0 Å². The van der Waals surface area contributed by atoms with Crippen LogP contribution >= 0.6 is 11.3 Å². The summed E-state index contributed by atoms with van der Waals surface area (Å²) in [5.74, 6) is 0.843. The first-order chi connectivity index (χ1) is 7.34. The van der Waals surface area contributed by atoms with Gasteiger partial charge in [-0.1, -0.05) is 12.1 Å². The van der Waals surface area contributed by atoms with Gasteiger partial charge >= 0.3 is 0 Å². The van der Waals surface area contributed by atoms with E-state index < -0.39 is 0 Å². The van der Waals surface area contributed by atoms with E-state index in [0.717, 1.165) is 27.4 Å². The molecule has 4 heteroatoms. The van der Waals surface area contributed by atoms with Crippen LogP contribution in [0.5, 0.6) is 0 Å². The molecule has 0 radical (unpaired) electrons. The number of imidazole rings is 1. The monoisotopic (exact) mass is 215 g/mol. The van der Waals surface area contributed by atoms with Gasteiger partial charge in [0.05, 0.1) is 21.6 Å². The van der Waals surface area contributed by atoms with Gasteiger partial charge in [0.2, 0.25) is 0 Å². The lowest BCUT2D eigenvalue weighted by molar-refractivity contribution is 1.35. The highest BCUT2D eigenvalue weighted by Gasteiger charge is 2.08. The van der Waals surface area contributed by atoms with Crippen molar-refractivity contribution in [2.75, 3.05) is 5.73 Å². The number of hydrogen-bond donors (Lipinski definition) is 2. The van der Waals surface area contributed by atoms with Crippen molar-refractivity contribution in [2.45, 2.75) is 0 Å². The summed E-state index contributed by atoms with van der Waals surface area (Å²) in [6, 6.07) is 9.94. The second-order valence-electron chi connectivity index (χ2n) is 3.30. The van der Waals surface area contributed by atoms with Crippen LogP contribution < -0.4 is 5.73 Å². The van der Waals surface area contributed by atoms with Crippen molar-refractivity contribution >= 4 is 27.4 Å². The zero-order valence-corrected chi connectivity index (χ0v) is 8.71. The predicted molar refractivity (Wildman–Crippen MR) is 63.8 cm³/mol. The number of rotatable bonds is 1. The van der Waals surface area contributed by atoms with Gasteiger partial charge in [0, 0.05) is 0 Å². The zero-order valence-electron chi connectivity index (χ0n) is 7.90. The van der Waals surface area contributed by atoms with E-state index in [1.54, 1.807) is 0 Å². The van der Waals surface area contributed by atoms with Crippen molar-refractivity contribution in [3.8, 4) is 11.4 Å². The Morgan fingerprint density at radius 3 is 2.80 bits per heavy atom. The van der Waals surface area contributed by atoms with Crippen molar-refractivity contribution in [1.29, 1.82) is 0 Å². The fraction of sp³-hybridized carbons (Fsp3) is 0. The van der Waals surface area contributed by atoms with Crippen molar-refractivity contribution in [3.05, 3.63) is 35.7 Å². The number of nitrogen functional groups attached to an aromatic ring is 1. The van der Waals surface area contributed by atoms with Gasteiger partial charge in [0.15, 0.2) is 0 Å². The molecule has 3 rings (SSSR count). The lowest BCUT2D eigenvalue weighted by Gasteiger charge is -1.92. The van der Waals surface area contributed by atoms with Crippen LogP contribution in [0.4, 0.5) is 5.00 Å². The van der Waals surface area contributed by atoms with E-state index in [2.05, 4.69) is 9.97 Å². The summed E-state index contributed by atoms with van der Waals surface area (Å²) in [4.78, 5) is 7.74. The number of anilines is 1. The van der Waals surface area contributed by atoms with Gasteiger partial charge in [-0.15, -0.1) is 11.3 Å². The number of aromatic nitrogens is 2. The molecule has 15 heavy (non-hydrogen) atoms. The maximum atomic E-state index is 5.85. The number of nitrogens with zero attached hydrogens (tertiary/aromatic N) is 1. The third-order valence-corrected chi connectivity index (χ3v) is 3.09. The molecule has 0 bridgehead atoms. The van der Waals surface area contributed by atoms with Crippen LogP contribution in [-0.4, -0.2) is 9.97 Å². The number of nitrogens with two attached hydrogens (primary N) is 1. The zero-order chi connectivity index (χ0) is 10.3. The van der Waals surface area contributed by atoms with Crippen molar-refractivity contribution < 1.29 is 0 Å². The minimum atomic E-state index is 0.800. The van der Waals surface area contributed by atoms with Crippen LogP contribution in [0.15, 0.2) is 35.7 Å². The van der Waals surface area contributed by atoms with E-state index in [4.69, 9.17) is 5.73 Å². The van der Waals surface area contributed by atoms with Crippen molar-refractivity contribution in [1.82, 2.24) is 9.97 Å². The molecule has 0 aliphatic carbocycles. The molecule has 74 valence electrons. The highest BCUT2D eigenvalue weighted by Crippen LogP contribution is 2.29. The quantitative estimate of drug-likeness (QED) is 0.655. The maximum Gasteiger partial charge on any atom is 0.141 e. The molecule has 3 aromatic rings. The summed E-state index contributed by atoms with van der Waals surface area (Å²) < 4.78 is 0. The fourth-order valence-electron chi connectivity index (χ4n) is 1.60. The van der Waals surface area contributed by atoms with Gasteiger partial charge in [-0.05, 0) is 23.6 Å². The second kappa shape index (κ2) is 3.10. The molecule has 2 aromatic heterocycles. The minimum Gasteiger partial charge on any atom is -0.390 e. The number of thiophene rings is 1. The Balaban J connectivity index is 2.24. The summed E-state index contributed by atoms with van der Waals surface area (Å²) >= 11 is 1.53. The van der Waals surface area contributed by atoms with Crippen LogP contribution in [0.25, 0.3) is 22.4 Å². The summed E-state index contributed by atoms with van der Waals surface area (Å²) in [5, 5.41) is 2.77. The molecule has 3 N–H and O–H groups in total. The van der Waals surface area contributed by atoms with Crippen molar-refractivity contribution in [2.24, 2.45) is 0 Å². The largest absolute Gasteiger partial charge is 0.390 e. The van der Waals surface area contributed by atoms with Gasteiger partial charge in [0.1, 0.15) is 5.82 Å². The third kappa shape index (κ3) is 1.30. The number of hydrogen-bond acceptors (Lipinski definition) is 3. The highest BCUT2D eigenvalue weighted by molar-refractivity contribution is 7.14. The molecular formula is C11H9N3S. The first-order valence-corrected chi connectivity index (χ1v) is 5.50. The van der Waals surface area contributed by atoms with Crippen LogP contribution in [0, 0.1) is 0 Å². The number of benzene rings is 1. The van der Waals surface area contributed by atoms with E-state index in [0.29, 0.717) is 0 Å². The number of H-pyrrole nitrogens is 1. The average molecular weight is 215 g/mol. The SMILES string of the molecule is Nc1sccc1-c1nc2ccccc2[nH]1. The summed E-state index contributed by atoms with van der Waals surface area (Å²) in [7, 11) is 0. The minimum absolute atomic E-state index is 0.800. The Hall–Kier alpha value is -1.81. The van der Waals surface area contributed by atoms with Gasteiger partial charge in [-0.2, -0.15) is 0 Å². The lowest BCUT2D eigenvalue weighted by Crippen LogP contribution is -1.84. The summed E-state index contributed by atoms with van der Waals surface area (Å²) in [6.45, 7) is 0. The first kappa shape index (κ1) is 8.49. The molecule has 3 nitrogen and oxygen atoms in total. The molecule has 0 unspecified atom stereocenters. The summed E-state index contributed by atoms with van der Waals surface area (Å²) in [5.41, 5.74) is 8.85. The van der Waals surface area contributed by atoms with Crippen LogP contribution in [0.1, 0.15) is 0 Å². The molecule has 0 aliphatic rings. The molecule has 0 amide bonds. The fourth-order valence-corrected chi connectivity index (χ4v) is 2.24. The number of para-hydroxylation sites is 2. The molecule has 0 spiro atoms. The van der Waals surface area contributed by atoms with Gasteiger partial charge in [-0.25, -0.2) is 4.98 Å². The second-order valence-corrected chi connectivity index (χ2v) is 4.25. The van der Waals surface area contributed by atoms with E-state index in [9.17, 15) is 0 Å². The molecule has 0 atom stereocenters. The molecule has 0 fully saturated rings. The Kier molecular flexibility index (Phi) is 1.76. The number of aromatic amines is 1. The Labute approximate surface area is 90.6 Å². The Morgan fingerprint density at radius 1 is 1.20 bits per heavy atom. The van der Waals surface area contributed by atoms with E-state index in [-0.39, 0.29) is 0 Å². The summed E-state index contributed by atoms with van der Waals surface area (Å²) in [6.07, 6.45) is 0. The average Bonchev–Trinajstić information content (AvgIpc) is 2.82. The lowest BCUT2D eigenvalue weighted by atomic mass is 10.3. The van der Waals surface area contributed by atoms with Crippen molar-refractivity contribution in [3.63, 3.8) is 0 Å². The number of nitrogens with one attached hydrogen (secondary N) is 1. The van der Waals surface area contributed by atoms with E-state index in [1.165, 1.54) is 11.3 Å². The standard InChI is InChI=1S/C11H9N3S/c12-10-7(5-6-15-10)11-13-8-3-1-2-4-9(8)14-11/h1-6H,12H2,(H,13,14). The van der Waals surface area contributed by atoms with Gasteiger partial charge in [0.25, 0.3) is 0 Å². The third-order valence-electron chi connectivity index (χ3n) is 2.34. The molecule has 0 saturated heterocycles. The van der Waals surface area contributed by atoms with Crippen LogP contribution in [0.2, 0.25) is 0 Å². The first-order valence-electron chi connectivity index (χ1n) is 4.63. The van der Waals surface area contributed by atoms with Gasteiger partial charge < -0.3 is 10.7 Å². The van der Waals surface area contributed by atoms with E-state index in [1.807, 2.05) is 35.7 Å². The van der Waals surface area contributed by atoms with E-state index >= 15 is 0 Å².